The summed E-state index contributed by atoms with van der Waals surface area (Å²) >= 11 is 11.9. The van der Waals surface area contributed by atoms with E-state index in [1.807, 2.05) is 0 Å². The molecule has 0 fully saturated rings. The summed E-state index contributed by atoms with van der Waals surface area (Å²) in [7, 11) is 0. The number of carbonyl (C=O) groups excluding carboxylic acids is 2. The normalized spacial score (nSPS) is 10.5. The maximum absolute atomic E-state index is 11.8. The molecule has 0 aliphatic rings. The zero-order valence-corrected chi connectivity index (χ0v) is 14.7. The van der Waals surface area contributed by atoms with E-state index in [9.17, 15) is 19.7 Å². The summed E-state index contributed by atoms with van der Waals surface area (Å²) in [5, 5.41) is 13.9. The van der Waals surface area contributed by atoms with Crippen molar-refractivity contribution in [2.75, 3.05) is 11.9 Å². The van der Waals surface area contributed by atoms with Crippen LogP contribution >= 0.6 is 23.2 Å². The van der Waals surface area contributed by atoms with E-state index < -0.39 is 23.4 Å². The summed E-state index contributed by atoms with van der Waals surface area (Å²) in [5.74, 6) is -1.50. The third kappa shape index (κ3) is 5.30. The molecule has 0 aliphatic carbocycles. The van der Waals surface area contributed by atoms with Crippen molar-refractivity contribution in [3.8, 4) is 0 Å². The number of nitrogens with one attached hydrogen (secondary N) is 1. The first-order valence-corrected chi connectivity index (χ1v) is 7.96. The van der Waals surface area contributed by atoms with Crippen LogP contribution in [-0.2, 0) is 14.3 Å². The number of amides is 1. The predicted molar refractivity (Wildman–Crippen MR) is 98.2 cm³/mol. The monoisotopic (exact) mass is 394 g/mol. The van der Waals surface area contributed by atoms with Crippen LogP contribution in [0, 0.1) is 10.1 Å². The summed E-state index contributed by atoms with van der Waals surface area (Å²) in [6.45, 7) is -0.606. The number of para-hydroxylation sites is 2. The van der Waals surface area contributed by atoms with Crippen LogP contribution < -0.4 is 5.32 Å². The van der Waals surface area contributed by atoms with Gasteiger partial charge in [0.1, 0.15) is 5.69 Å². The lowest BCUT2D eigenvalue weighted by atomic mass is 10.2. The molecule has 2 aromatic rings. The SMILES string of the molecule is O=C(COC(=O)/C=C/c1c(Cl)cccc1Cl)Nc1ccccc1[N+](=O)[O-]. The number of nitrogens with zero attached hydrogens (tertiary/aromatic N) is 1. The van der Waals surface area contributed by atoms with Gasteiger partial charge in [-0.15, -0.1) is 0 Å². The zero-order chi connectivity index (χ0) is 19.1. The molecule has 0 spiro atoms. The molecule has 7 nitrogen and oxygen atoms in total. The Bertz CT molecular complexity index is 863. The minimum atomic E-state index is -0.793. The third-order valence-electron chi connectivity index (χ3n) is 3.11. The van der Waals surface area contributed by atoms with E-state index in [-0.39, 0.29) is 11.4 Å². The van der Waals surface area contributed by atoms with Crippen LogP contribution in [0.1, 0.15) is 5.56 Å². The summed E-state index contributed by atoms with van der Waals surface area (Å²) in [6, 6.07) is 10.5. The van der Waals surface area contributed by atoms with E-state index in [0.29, 0.717) is 15.6 Å². The molecular weight excluding hydrogens is 383 g/mol. The number of ether oxygens (including phenoxy) is 1. The topological polar surface area (TPSA) is 98.5 Å². The van der Waals surface area contributed by atoms with E-state index in [1.54, 1.807) is 18.2 Å². The third-order valence-corrected chi connectivity index (χ3v) is 3.77. The van der Waals surface area contributed by atoms with Crippen molar-refractivity contribution < 1.29 is 19.2 Å². The molecule has 0 bridgehead atoms. The predicted octanol–water partition coefficient (Wildman–Crippen LogP) is 4.10. The smallest absolute Gasteiger partial charge is 0.331 e. The number of nitro benzene ring substituents is 1. The largest absolute Gasteiger partial charge is 0.452 e. The molecular formula is C17H12Cl2N2O5. The van der Waals surface area contributed by atoms with Gasteiger partial charge in [0.25, 0.3) is 11.6 Å². The number of anilines is 1. The highest BCUT2D eigenvalue weighted by atomic mass is 35.5. The van der Waals surface area contributed by atoms with Gasteiger partial charge in [0.2, 0.25) is 0 Å². The Morgan fingerprint density at radius 2 is 1.77 bits per heavy atom. The molecule has 134 valence electrons. The molecule has 2 aromatic carbocycles. The number of nitro groups is 1. The molecule has 0 saturated carbocycles. The fraction of sp³-hybridized carbons (Fsp3) is 0.0588. The van der Waals surface area contributed by atoms with Gasteiger partial charge < -0.3 is 10.1 Å². The van der Waals surface area contributed by atoms with Crippen LogP contribution in [-0.4, -0.2) is 23.4 Å². The molecule has 26 heavy (non-hydrogen) atoms. The van der Waals surface area contributed by atoms with Gasteiger partial charge in [-0.3, -0.25) is 14.9 Å². The van der Waals surface area contributed by atoms with Gasteiger partial charge in [0.05, 0.1) is 4.92 Å². The van der Waals surface area contributed by atoms with Crippen molar-refractivity contribution in [2.24, 2.45) is 0 Å². The first-order valence-electron chi connectivity index (χ1n) is 7.20. The molecule has 0 radical (unpaired) electrons. The van der Waals surface area contributed by atoms with Crippen LogP contribution in [0.3, 0.4) is 0 Å². The molecule has 1 N–H and O–H groups in total. The Morgan fingerprint density at radius 3 is 2.42 bits per heavy atom. The molecule has 0 unspecified atom stereocenters. The van der Waals surface area contributed by atoms with Gasteiger partial charge in [-0.25, -0.2) is 4.79 Å². The summed E-state index contributed by atoms with van der Waals surface area (Å²) < 4.78 is 4.78. The maximum atomic E-state index is 11.8. The summed E-state index contributed by atoms with van der Waals surface area (Å²) in [4.78, 5) is 33.7. The lowest BCUT2D eigenvalue weighted by Gasteiger charge is -2.06. The second kappa shape index (κ2) is 8.98. The number of hydrogen-bond acceptors (Lipinski definition) is 5. The average molecular weight is 395 g/mol. The van der Waals surface area contributed by atoms with Crippen molar-refractivity contribution >= 4 is 52.5 Å². The molecule has 0 aromatic heterocycles. The van der Waals surface area contributed by atoms with Crippen molar-refractivity contribution in [3.63, 3.8) is 0 Å². The molecule has 1 amide bonds. The van der Waals surface area contributed by atoms with E-state index in [0.717, 1.165) is 6.08 Å². The maximum Gasteiger partial charge on any atom is 0.331 e. The lowest BCUT2D eigenvalue weighted by molar-refractivity contribution is -0.383. The minimum absolute atomic E-state index is 0.0111. The van der Waals surface area contributed by atoms with Crippen molar-refractivity contribution in [2.45, 2.75) is 0 Å². The van der Waals surface area contributed by atoms with Gasteiger partial charge in [0, 0.05) is 27.8 Å². The highest BCUT2D eigenvalue weighted by molar-refractivity contribution is 6.37. The lowest BCUT2D eigenvalue weighted by Crippen LogP contribution is -2.20. The Kier molecular flexibility index (Phi) is 6.71. The van der Waals surface area contributed by atoms with Gasteiger partial charge in [-0.05, 0) is 24.3 Å². The molecule has 0 aliphatic heterocycles. The van der Waals surface area contributed by atoms with Gasteiger partial charge in [-0.1, -0.05) is 41.4 Å². The van der Waals surface area contributed by atoms with Crippen molar-refractivity contribution in [3.05, 3.63) is 74.3 Å². The van der Waals surface area contributed by atoms with Gasteiger partial charge >= 0.3 is 5.97 Å². The van der Waals surface area contributed by atoms with Crippen LogP contribution in [0.2, 0.25) is 10.0 Å². The molecule has 9 heteroatoms. The van der Waals surface area contributed by atoms with Crippen LogP contribution in [0.4, 0.5) is 11.4 Å². The first kappa shape index (κ1) is 19.4. The Morgan fingerprint density at radius 1 is 1.12 bits per heavy atom. The van der Waals surface area contributed by atoms with E-state index in [1.165, 1.54) is 30.3 Å². The quantitative estimate of drug-likeness (QED) is 0.344. The Balaban J connectivity index is 1.92. The molecule has 2 rings (SSSR count). The van der Waals surface area contributed by atoms with Crippen molar-refractivity contribution in [1.82, 2.24) is 0 Å². The van der Waals surface area contributed by atoms with Gasteiger partial charge in [-0.2, -0.15) is 0 Å². The van der Waals surface area contributed by atoms with E-state index in [4.69, 9.17) is 27.9 Å². The average Bonchev–Trinajstić information content (AvgIpc) is 2.60. The highest BCUT2D eigenvalue weighted by Crippen LogP contribution is 2.25. The van der Waals surface area contributed by atoms with E-state index >= 15 is 0 Å². The molecule has 0 atom stereocenters. The number of carbonyl (C=O) groups is 2. The standard InChI is InChI=1S/C17H12Cl2N2O5/c18-12-4-3-5-13(19)11(12)8-9-17(23)26-10-16(22)20-14-6-1-2-7-15(14)21(24)25/h1-9H,10H2,(H,20,22)/b9-8+. The first-order chi connectivity index (χ1) is 12.4. The summed E-state index contributed by atoms with van der Waals surface area (Å²) in [6.07, 6.45) is 2.44. The van der Waals surface area contributed by atoms with Crippen LogP contribution in [0.5, 0.6) is 0 Å². The fourth-order valence-electron chi connectivity index (χ4n) is 1.93. The number of benzene rings is 2. The number of hydrogen-bond donors (Lipinski definition) is 1. The van der Waals surface area contributed by atoms with E-state index in [2.05, 4.69) is 5.32 Å². The molecule has 0 saturated heterocycles. The fourth-order valence-corrected chi connectivity index (χ4v) is 2.45. The zero-order valence-electron chi connectivity index (χ0n) is 13.1. The van der Waals surface area contributed by atoms with Crippen LogP contribution in [0.15, 0.2) is 48.5 Å². The Labute approximate surface area is 158 Å². The minimum Gasteiger partial charge on any atom is -0.452 e. The van der Waals surface area contributed by atoms with Crippen molar-refractivity contribution in [1.29, 1.82) is 0 Å². The Hall–Kier alpha value is -2.90. The molecule has 0 heterocycles. The summed E-state index contributed by atoms with van der Waals surface area (Å²) in [5.41, 5.74) is 0.189. The number of halogens is 2. The highest BCUT2D eigenvalue weighted by Gasteiger charge is 2.15. The second-order valence-corrected chi connectivity index (χ2v) is 5.71. The van der Waals surface area contributed by atoms with Gasteiger partial charge in [0.15, 0.2) is 6.61 Å². The van der Waals surface area contributed by atoms with Crippen LogP contribution in [0.25, 0.3) is 6.08 Å². The second-order valence-electron chi connectivity index (χ2n) is 4.90. The number of esters is 1. The number of rotatable bonds is 6.